The van der Waals surface area contributed by atoms with Gasteiger partial charge in [0.25, 0.3) is 6.71 Å². The Kier molecular flexibility index (Phi) is 13.9. The van der Waals surface area contributed by atoms with Crippen LogP contribution in [0.5, 0.6) is 0 Å². The summed E-state index contributed by atoms with van der Waals surface area (Å²) in [5.41, 5.74) is 9.50. The van der Waals surface area contributed by atoms with E-state index in [1.807, 2.05) is 0 Å². The predicted molar refractivity (Wildman–Crippen MR) is 209 cm³/mol. The largest absolute Gasteiger partial charge is 0.470 e. The third-order valence-corrected chi connectivity index (χ3v) is 8.80. The number of fused-ring (bicyclic) bond motifs is 1. The second-order valence-electron chi connectivity index (χ2n) is 16.1. The van der Waals surface area contributed by atoms with Crippen molar-refractivity contribution in [2.45, 2.75) is 114 Å². The molecule has 0 radical (unpaired) electrons. The Morgan fingerprint density at radius 3 is 2.38 bits per heavy atom. The first-order chi connectivity index (χ1) is 22.1. The van der Waals surface area contributed by atoms with Crippen molar-refractivity contribution in [3.8, 4) is 0 Å². The molecule has 0 saturated heterocycles. The summed E-state index contributed by atoms with van der Waals surface area (Å²) in [6.07, 6.45) is 24.8. The van der Waals surface area contributed by atoms with Gasteiger partial charge in [-0.1, -0.05) is 122 Å². The van der Waals surface area contributed by atoms with E-state index >= 15 is 0 Å². The van der Waals surface area contributed by atoms with Gasteiger partial charge in [-0.05, 0) is 110 Å². The van der Waals surface area contributed by atoms with Crippen LogP contribution in [0.25, 0.3) is 11.0 Å². The number of benzene rings is 1. The van der Waals surface area contributed by atoms with E-state index in [9.17, 15) is 0 Å². The van der Waals surface area contributed by atoms with E-state index in [1.54, 1.807) is 0 Å². The quantitative estimate of drug-likeness (QED) is 0.160. The van der Waals surface area contributed by atoms with Crippen LogP contribution in [0.2, 0.25) is 0 Å². The van der Waals surface area contributed by atoms with E-state index in [0.717, 1.165) is 48.0 Å². The Labute approximate surface area is 288 Å². The van der Waals surface area contributed by atoms with Gasteiger partial charge in [0.15, 0.2) is 0 Å². The average Bonchev–Trinajstić information content (AvgIpc) is 3.42. The lowest BCUT2D eigenvalue weighted by atomic mass is 9.37. The predicted octanol–water partition coefficient (Wildman–Crippen LogP) is 11.3. The van der Waals surface area contributed by atoms with Crippen molar-refractivity contribution in [2.75, 3.05) is 6.54 Å². The van der Waals surface area contributed by atoms with Crippen molar-refractivity contribution < 1.29 is 4.42 Å². The monoisotopic (exact) mass is 635 g/mol. The zero-order chi connectivity index (χ0) is 34.8. The molecule has 4 heteroatoms. The maximum Gasteiger partial charge on any atom is 0.287 e. The lowest BCUT2D eigenvalue weighted by molar-refractivity contribution is 0.420. The molecule has 3 rings (SSSR count). The van der Waals surface area contributed by atoms with Crippen LogP contribution < -0.4 is 16.3 Å². The molecular formula is C43H63BN2O. The molecule has 1 aromatic heterocycles. The second-order valence-corrected chi connectivity index (χ2v) is 16.1. The number of hydrogen-bond acceptors (Lipinski definition) is 3. The van der Waals surface area contributed by atoms with Crippen LogP contribution in [0.15, 0.2) is 111 Å². The highest BCUT2D eigenvalue weighted by Crippen LogP contribution is 2.28. The molecule has 1 aromatic carbocycles. The molecular weight excluding hydrogens is 571 g/mol. The normalized spacial score (nSPS) is 16.7. The lowest BCUT2D eigenvalue weighted by Gasteiger charge is -2.24. The van der Waals surface area contributed by atoms with Gasteiger partial charge in [0.05, 0.1) is 5.66 Å². The molecule has 2 aromatic rings. The Hall–Kier alpha value is -3.40. The Morgan fingerprint density at radius 2 is 1.81 bits per heavy atom. The van der Waals surface area contributed by atoms with Crippen molar-refractivity contribution in [3.63, 3.8) is 0 Å². The molecule has 1 unspecified atom stereocenters. The zero-order valence-electron chi connectivity index (χ0n) is 31.7. The minimum Gasteiger partial charge on any atom is -0.470 e. The van der Waals surface area contributed by atoms with E-state index in [4.69, 9.17) is 4.42 Å². The Balaban J connectivity index is 2.24. The molecule has 0 spiro atoms. The van der Waals surface area contributed by atoms with Gasteiger partial charge in [0.1, 0.15) is 5.58 Å². The van der Waals surface area contributed by atoms with Crippen LogP contribution in [0.4, 0.5) is 0 Å². The van der Waals surface area contributed by atoms with Gasteiger partial charge >= 0.3 is 0 Å². The minimum atomic E-state index is -0.0863. The summed E-state index contributed by atoms with van der Waals surface area (Å²) in [6.45, 7) is 27.6. The van der Waals surface area contributed by atoms with Crippen LogP contribution >= 0.6 is 0 Å². The maximum atomic E-state index is 6.79. The van der Waals surface area contributed by atoms with Crippen LogP contribution in [0.1, 0.15) is 114 Å². The molecule has 1 atom stereocenters. The van der Waals surface area contributed by atoms with Gasteiger partial charge in [-0.25, -0.2) is 0 Å². The number of unbranched alkanes of at least 4 members (excludes halogenated alkanes) is 1. The molecule has 47 heavy (non-hydrogen) atoms. The summed E-state index contributed by atoms with van der Waals surface area (Å²) in [4.78, 5) is 0. The summed E-state index contributed by atoms with van der Waals surface area (Å²) in [5, 5.41) is 8.73. The molecule has 254 valence electrons. The van der Waals surface area contributed by atoms with Gasteiger partial charge in [-0.2, -0.15) is 0 Å². The van der Waals surface area contributed by atoms with Gasteiger partial charge in [0, 0.05) is 23.3 Å². The third-order valence-electron chi connectivity index (χ3n) is 8.80. The van der Waals surface area contributed by atoms with Crippen molar-refractivity contribution in [2.24, 2.45) is 17.3 Å². The third kappa shape index (κ3) is 11.7. The summed E-state index contributed by atoms with van der Waals surface area (Å²) in [7, 11) is 0. The van der Waals surface area contributed by atoms with Gasteiger partial charge in [-0.3, -0.25) is 0 Å². The highest BCUT2D eigenvalue weighted by atomic mass is 16.3. The highest BCUT2D eigenvalue weighted by molar-refractivity contribution is 6.86. The van der Waals surface area contributed by atoms with E-state index in [-0.39, 0.29) is 17.5 Å². The number of nitrogens with one attached hydrogen (secondary N) is 2. The topological polar surface area (TPSA) is 37.2 Å². The SMILES string of the molecule is C/C=C(\C=C/CCC)B(/C(CNC1=CCC(C(C)C)C=C1)=C(/C=C(C)C)N/C=C/CC(C)(C)C)c1cc2cc(C(C)(C)C)ccc2o1. The number of allylic oxidation sites excluding steroid dienone is 10. The van der Waals surface area contributed by atoms with E-state index in [0.29, 0.717) is 18.4 Å². The molecule has 0 saturated carbocycles. The first kappa shape index (κ1) is 38.1. The molecule has 0 fully saturated rings. The van der Waals surface area contributed by atoms with Gasteiger partial charge in [-0.15, -0.1) is 0 Å². The average molecular weight is 635 g/mol. The van der Waals surface area contributed by atoms with Crippen LogP contribution in [0.3, 0.4) is 0 Å². The molecule has 0 bridgehead atoms. The van der Waals surface area contributed by atoms with Gasteiger partial charge in [0.2, 0.25) is 0 Å². The Morgan fingerprint density at radius 1 is 1.06 bits per heavy atom. The molecule has 3 nitrogen and oxygen atoms in total. The van der Waals surface area contributed by atoms with Crippen molar-refractivity contribution in [3.05, 3.63) is 113 Å². The van der Waals surface area contributed by atoms with Crippen LogP contribution in [-0.4, -0.2) is 13.3 Å². The van der Waals surface area contributed by atoms with Crippen molar-refractivity contribution in [1.29, 1.82) is 0 Å². The lowest BCUT2D eigenvalue weighted by Crippen LogP contribution is -2.40. The molecule has 2 N–H and O–H groups in total. The molecule has 1 heterocycles. The fraction of sp³-hybridized carbons (Fsp3) is 0.488. The van der Waals surface area contributed by atoms with E-state index < -0.39 is 0 Å². The Bertz CT molecular complexity index is 1540. The highest BCUT2D eigenvalue weighted by Gasteiger charge is 2.31. The number of furan rings is 1. The van der Waals surface area contributed by atoms with Gasteiger partial charge < -0.3 is 15.1 Å². The zero-order valence-corrected chi connectivity index (χ0v) is 31.7. The maximum absolute atomic E-state index is 6.79. The van der Waals surface area contributed by atoms with Crippen molar-refractivity contribution >= 4 is 23.3 Å². The number of hydrogen-bond donors (Lipinski definition) is 2. The summed E-state index contributed by atoms with van der Waals surface area (Å²) < 4.78 is 6.79. The number of rotatable bonds is 14. The first-order valence-electron chi connectivity index (χ1n) is 17.9. The van der Waals surface area contributed by atoms with Crippen LogP contribution in [-0.2, 0) is 5.41 Å². The fourth-order valence-electron chi connectivity index (χ4n) is 5.84. The minimum absolute atomic E-state index is 0.0626. The fourth-order valence-corrected chi connectivity index (χ4v) is 5.84. The molecule has 0 amide bonds. The molecule has 1 aliphatic carbocycles. The van der Waals surface area contributed by atoms with Crippen molar-refractivity contribution in [1.82, 2.24) is 10.6 Å². The van der Waals surface area contributed by atoms with E-state index in [2.05, 4.69) is 173 Å². The second kappa shape index (κ2) is 17.1. The smallest absolute Gasteiger partial charge is 0.287 e. The summed E-state index contributed by atoms with van der Waals surface area (Å²) in [5.74, 6) is 1.22. The summed E-state index contributed by atoms with van der Waals surface area (Å²) >= 11 is 0. The van der Waals surface area contributed by atoms with Crippen LogP contribution in [0, 0.1) is 17.3 Å². The summed E-state index contributed by atoms with van der Waals surface area (Å²) in [6, 6.07) is 8.93. The molecule has 1 aliphatic rings. The molecule has 0 aliphatic heterocycles. The van der Waals surface area contributed by atoms with E-state index in [1.165, 1.54) is 27.8 Å². The standard InChI is InChI=1S/C43H63BN2O/c1-13-15-16-18-36(14-2)44(41-29-34-28-35(43(10,11)12)21-24-40(34)47-41)38(30-46-37-22-19-33(20-23-37)32(5)6)39(27-31(3)4)45-26-17-25-42(7,8)9/h14,16-19,21-24,26-29,32-33,45-46H,13,15,20,25,30H2,1-12H3/b18-16-,26-17+,36-14+,39-38-. The first-order valence-corrected chi connectivity index (χ1v) is 17.9.